The number of hydrogen-bond donors (Lipinski definition) is 0. The molecule has 104 valence electrons. The zero-order chi connectivity index (χ0) is 14.5. The van der Waals surface area contributed by atoms with Crippen LogP contribution in [0.3, 0.4) is 0 Å². The van der Waals surface area contributed by atoms with Crippen LogP contribution in [0, 0.1) is 0 Å². The molecule has 0 saturated carbocycles. The van der Waals surface area contributed by atoms with Gasteiger partial charge in [0.2, 0.25) is 0 Å². The first-order chi connectivity index (χ1) is 10.4. The highest BCUT2D eigenvalue weighted by molar-refractivity contribution is 6.67. The van der Waals surface area contributed by atoms with E-state index >= 15 is 0 Å². The van der Waals surface area contributed by atoms with Crippen molar-refractivity contribution in [2.24, 2.45) is 0 Å². The monoisotopic (exact) mass is 288 g/mol. The molecule has 0 N–H and O–H groups in total. The lowest BCUT2D eigenvalue weighted by Crippen LogP contribution is -2.29. The first-order valence-electron chi connectivity index (χ1n) is 7.58. The van der Waals surface area contributed by atoms with E-state index in [1.165, 1.54) is 21.9 Å². The highest BCUT2D eigenvalue weighted by atomic mass is 28.2. The highest BCUT2D eigenvalue weighted by Crippen LogP contribution is 2.16. The van der Waals surface area contributed by atoms with Crippen molar-refractivity contribution in [3.8, 4) is 11.1 Å². The summed E-state index contributed by atoms with van der Waals surface area (Å²) < 4.78 is 0. The molecule has 0 nitrogen and oxygen atoms in total. The summed E-state index contributed by atoms with van der Waals surface area (Å²) in [6.07, 6.45) is 1.13. The molecule has 0 unspecified atom stereocenters. The van der Waals surface area contributed by atoms with Gasteiger partial charge < -0.3 is 0 Å². The van der Waals surface area contributed by atoms with Crippen LogP contribution in [-0.2, 0) is 6.42 Å². The number of rotatable bonds is 4. The van der Waals surface area contributed by atoms with Crippen LogP contribution < -0.4 is 10.4 Å². The van der Waals surface area contributed by atoms with E-state index in [1.807, 2.05) is 0 Å². The maximum atomic E-state index is 2.31. The van der Waals surface area contributed by atoms with Gasteiger partial charge >= 0.3 is 0 Å². The molecule has 0 saturated heterocycles. The average molecular weight is 288 g/mol. The average Bonchev–Trinajstić information content (AvgIpc) is 2.57. The van der Waals surface area contributed by atoms with Crippen molar-refractivity contribution in [2.75, 3.05) is 0 Å². The van der Waals surface area contributed by atoms with Crippen LogP contribution in [0.15, 0.2) is 78.9 Å². The van der Waals surface area contributed by atoms with Crippen molar-refractivity contribution < 1.29 is 0 Å². The number of benzene rings is 3. The van der Waals surface area contributed by atoms with E-state index in [2.05, 4.69) is 85.8 Å². The lowest BCUT2D eigenvalue weighted by Gasteiger charge is -2.08. The molecule has 0 aromatic heterocycles. The van der Waals surface area contributed by atoms with Crippen molar-refractivity contribution >= 4 is 19.9 Å². The topological polar surface area (TPSA) is 0 Å². The van der Waals surface area contributed by atoms with Crippen LogP contribution in [0.5, 0.6) is 0 Å². The smallest absolute Gasteiger partial charge is 0.0630 e. The molecular formula is C20H20Si. The zero-order valence-corrected chi connectivity index (χ0v) is 13.8. The van der Waals surface area contributed by atoms with Crippen LogP contribution in [0.25, 0.3) is 11.1 Å². The minimum atomic E-state index is -0.370. The standard InChI is InChI=1S/C20H20Si/c1-2-16-8-6-7-11-20(16)21-19-14-12-18(13-15-19)17-9-4-3-5-10-17/h3-15H,2,21H2,1H3. The molecule has 0 aliphatic carbocycles. The fraction of sp³-hybridized carbons (Fsp3) is 0.100. The highest BCUT2D eigenvalue weighted by Gasteiger charge is 2.03. The molecule has 0 heterocycles. The van der Waals surface area contributed by atoms with E-state index in [4.69, 9.17) is 0 Å². The van der Waals surface area contributed by atoms with Crippen molar-refractivity contribution in [2.45, 2.75) is 13.3 Å². The van der Waals surface area contributed by atoms with Crippen molar-refractivity contribution in [3.63, 3.8) is 0 Å². The predicted octanol–water partition coefficient (Wildman–Crippen LogP) is 3.04. The van der Waals surface area contributed by atoms with Crippen LogP contribution >= 0.6 is 0 Å². The Morgan fingerprint density at radius 2 is 1.29 bits per heavy atom. The molecule has 3 aromatic carbocycles. The maximum absolute atomic E-state index is 2.31. The van der Waals surface area contributed by atoms with E-state index in [9.17, 15) is 0 Å². The van der Waals surface area contributed by atoms with E-state index in [1.54, 1.807) is 5.19 Å². The molecular weight excluding hydrogens is 268 g/mol. The van der Waals surface area contributed by atoms with Gasteiger partial charge in [-0.1, -0.05) is 96.2 Å². The molecule has 0 aliphatic rings. The first-order valence-corrected chi connectivity index (χ1v) is 8.99. The Bertz CT molecular complexity index is 699. The SMILES string of the molecule is CCc1ccccc1[SiH2]c1ccc(-c2ccccc2)cc1. The van der Waals surface area contributed by atoms with Gasteiger partial charge in [-0.05, 0) is 23.1 Å². The van der Waals surface area contributed by atoms with E-state index in [0.717, 1.165) is 6.42 Å². The third-order valence-electron chi connectivity index (χ3n) is 3.95. The quantitative estimate of drug-likeness (QED) is 0.647. The molecule has 0 radical (unpaired) electrons. The second-order valence-corrected chi connectivity index (χ2v) is 7.29. The van der Waals surface area contributed by atoms with Crippen LogP contribution in [0.1, 0.15) is 12.5 Å². The Kier molecular flexibility index (Phi) is 4.32. The lowest BCUT2D eigenvalue weighted by atomic mass is 10.1. The van der Waals surface area contributed by atoms with E-state index < -0.39 is 0 Å². The third kappa shape index (κ3) is 3.31. The van der Waals surface area contributed by atoms with Gasteiger partial charge in [0.25, 0.3) is 0 Å². The molecule has 3 rings (SSSR count). The Morgan fingerprint density at radius 3 is 2.00 bits per heavy atom. The van der Waals surface area contributed by atoms with Gasteiger partial charge in [-0.25, -0.2) is 0 Å². The Labute approximate surface area is 129 Å². The van der Waals surface area contributed by atoms with Gasteiger partial charge in [-0.3, -0.25) is 0 Å². The summed E-state index contributed by atoms with van der Waals surface area (Å²) in [6, 6.07) is 28.6. The van der Waals surface area contributed by atoms with Crippen LogP contribution in [-0.4, -0.2) is 9.52 Å². The Morgan fingerprint density at radius 1 is 0.667 bits per heavy atom. The van der Waals surface area contributed by atoms with Gasteiger partial charge in [0.05, 0.1) is 9.52 Å². The number of aryl methyl sites for hydroxylation is 1. The van der Waals surface area contributed by atoms with Gasteiger partial charge in [0.15, 0.2) is 0 Å². The maximum Gasteiger partial charge on any atom is 0.0878 e. The minimum absolute atomic E-state index is 0.370. The first kappa shape index (κ1) is 13.8. The largest absolute Gasteiger partial charge is 0.0878 e. The summed E-state index contributed by atoms with van der Waals surface area (Å²) in [4.78, 5) is 0. The molecule has 0 spiro atoms. The van der Waals surface area contributed by atoms with Crippen molar-refractivity contribution in [1.82, 2.24) is 0 Å². The molecule has 0 aliphatic heterocycles. The third-order valence-corrected chi connectivity index (χ3v) is 5.91. The molecule has 0 amide bonds. The lowest BCUT2D eigenvalue weighted by molar-refractivity contribution is 1.15. The fourth-order valence-corrected chi connectivity index (χ4v) is 4.50. The molecule has 0 fully saturated rings. The fourth-order valence-electron chi connectivity index (χ4n) is 2.74. The Balaban J connectivity index is 1.82. The van der Waals surface area contributed by atoms with Crippen LogP contribution in [0.2, 0.25) is 0 Å². The predicted molar refractivity (Wildman–Crippen MR) is 95.5 cm³/mol. The molecule has 0 bridgehead atoms. The van der Waals surface area contributed by atoms with Gasteiger partial charge in [0.1, 0.15) is 0 Å². The van der Waals surface area contributed by atoms with Crippen LogP contribution in [0.4, 0.5) is 0 Å². The second kappa shape index (κ2) is 6.55. The summed E-state index contributed by atoms with van der Waals surface area (Å²) in [5.41, 5.74) is 4.10. The normalized spacial score (nSPS) is 11.1. The van der Waals surface area contributed by atoms with Gasteiger partial charge in [-0.15, -0.1) is 0 Å². The van der Waals surface area contributed by atoms with Gasteiger partial charge in [0, 0.05) is 0 Å². The summed E-state index contributed by atoms with van der Waals surface area (Å²) in [5, 5.41) is 3.09. The molecule has 21 heavy (non-hydrogen) atoms. The summed E-state index contributed by atoms with van der Waals surface area (Å²) >= 11 is 0. The summed E-state index contributed by atoms with van der Waals surface area (Å²) in [7, 11) is -0.370. The van der Waals surface area contributed by atoms with E-state index in [-0.39, 0.29) is 9.52 Å². The van der Waals surface area contributed by atoms with Crippen molar-refractivity contribution in [1.29, 1.82) is 0 Å². The Hall–Kier alpha value is -2.12. The van der Waals surface area contributed by atoms with Crippen molar-refractivity contribution in [3.05, 3.63) is 84.4 Å². The second-order valence-electron chi connectivity index (χ2n) is 5.36. The minimum Gasteiger partial charge on any atom is -0.0630 e. The number of hydrogen-bond acceptors (Lipinski definition) is 0. The summed E-state index contributed by atoms with van der Waals surface area (Å²) in [6.45, 7) is 2.24. The summed E-state index contributed by atoms with van der Waals surface area (Å²) in [5.74, 6) is 0. The molecule has 0 atom stereocenters. The molecule has 1 heteroatoms. The zero-order valence-electron chi connectivity index (χ0n) is 12.4. The van der Waals surface area contributed by atoms with Gasteiger partial charge in [-0.2, -0.15) is 0 Å². The molecule has 3 aromatic rings. The van der Waals surface area contributed by atoms with E-state index in [0.29, 0.717) is 0 Å².